The van der Waals surface area contributed by atoms with Crippen molar-refractivity contribution in [3.8, 4) is 0 Å². The van der Waals surface area contributed by atoms with Crippen LogP contribution in [0.4, 0.5) is 0 Å². The molecule has 2 atom stereocenters. The van der Waals surface area contributed by atoms with Crippen LogP contribution in [0, 0.1) is 12.8 Å². The largest absolute Gasteiger partial charge is 0.361 e. The molecule has 0 radical (unpaired) electrons. The molecule has 2 unspecified atom stereocenters. The molecule has 0 spiro atoms. The van der Waals surface area contributed by atoms with Gasteiger partial charge in [0.25, 0.3) is 5.91 Å². The highest BCUT2D eigenvalue weighted by molar-refractivity contribution is 5.95. The Balaban J connectivity index is 1.75. The van der Waals surface area contributed by atoms with Gasteiger partial charge in [-0.2, -0.15) is 0 Å². The van der Waals surface area contributed by atoms with Gasteiger partial charge in [-0.05, 0) is 25.8 Å². The Labute approximate surface area is 93.8 Å². The average molecular weight is 221 g/mol. The molecule has 0 aliphatic carbocycles. The molecular formula is C11H15N3O2. The van der Waals surface area contributed by atoms with Gasteiger partial charge in [0, 0.05) is 19.1 Å². The molecule has 2 aliphatic rings. The van der Waals surface area contributed by atoms with Crippen LogP contribution < -0.4 is 5.32 Å². The molecule has 0 aromatic carbocycles. The van der Waals surface area contributed by atoms with Crippen molar-refractivity contribution in [1.29, 1.82) is 0 Å². The highest BCUT2D eigenvalue weighted by atomic mass is 16.5. The molecule has 2 aliphatic heterocycles. The smallest absolute Gasteiger partial charge is 0.259 e. The molecule has 5 heteroatoms. The van der Waals surface area contributed by atoms with Crippen molar-refractivity contribution in [2.75, 3.05) is 19.6 Å². The number of carbonyl (C=O) groups is 1. The Morgan fingerprint density at radius 3 is 3.25 bits per heavy atom. The van der Waals surface area contributed by atoms with Crippen molar-refractivity contribution in [2.45, 2.75) is 19.4 Å². The van der Waals surface area contributed by atoms with E-state index in [2.05, 4.69) is 10.5 Å². The van der Waals surface area contributed by atoms with Crippen LogP contribution in [-0.4, -0.2) is 41.6 Å². The molecule has 5 nitrogen and oxygen atoms in total. The minimum Gasteiger partial charge on any atom is -0.361 e. The molecule has 0 bridgehead atoms. The van der Waals surface area contributed by atoms with Gasteiger partial charge in [-0.15, -0.1) is 0 Å². The summed E-state index contributed by atoms with van der Waals surface area (Å²) in [6, 6.07) is 0.371. The quantitative estimate of drug-likeness (QED) is 0.746. The lowest BCUT2D eigenvalue weighted by molar-refractivity contribution is 0.00268. The number of hydrogen-bond donors (Lipinski definition) is 1. The molecular weight excluding hydrogens is 206 g/mol. The molecule has 2 fully saturated rings. The van der Waals surface area contributed by atoms with Gasteiger partial charge in [0.05, 0.1) is 6.20 Å². The van der Waals surface area contributed by atoms with Crippen LogP contribution in [0.25, 0.3) is 0 Å². The molecule has 1 N–H and O–H groups in total. The maximum atomic E-state index is 12.2. The van der Waals surface area contributed by atoms with E-state index in [1.54, 1.807) is 6.92 Å². The fourth-order valence-electron chi connectivity index (χ4n) is 2.62. The first-order valence-corrected chi connectivity index (χ1v) is 5.70. The van der Waals surface area contributed by atoms with Gasteiger partial charge >= 0.3 is 0 Å². The highest BCUT2D eigenvalue weighted by Crippen LogP contribution is 2.31. The van der Waals surface area contributed by atoms with Gasteiger partial charge in [-0.25, -0.2) is 0 Å². The lowest BCUT2D eigenvalue weighted by atomic mass is 9.82. The SMILES string of the molecule is Cc1oncc1C(=O)N1CC2CCNCC21. The summed E-state index contributed by atoms with van der Waals surface area (Å²) in [5.41, 5.74) is 0.601. The van der Waals surface area contributed by atoms with Crippen molar-refractivity contribution >= 4 is 5.91 Å². The molecule has 3 rings (SSSR count). The first-order valence-electron chi connectivity index (χ1n) is 5.70. The second kappa shape index (κ2) is 3.59. The summed E-state index contributed by atoms with van der Waals surface area (Å²) in [6.45, 7) is 4.66. The maximum Gasteiger partial charge on any atom is 0.259 e. The van der Waals surface area contributed by atoms with Crippen molar-refractivity contribution < 1.29 is 9.32 Å². The number of carbonyl (C=O) groups excluding carboxylic acids is 1. The third-order valence-corrected chi connectivity index (χ3v) is 3.66. The number of rotatable bonds is 1. The van der Waals surface area contributed by atoms with E-state index < -0.39 is 0 Å². The Bertz CT molecular complexity index is 415. The van der Waals surface area contributed by atoms with Gasteiger partial charge in [0.15, 0.2) is 0 Å². The number of hydrogen-bond acceptors (Lipinski definition) is 4. The number of fused-ring (bicyclic) bond motifs is 1. The van der Waals surface area contributed by atoms with Gasteiger partial charge in [-0.3, -0.25) is 4.79 Å². The summed E-state index contributed by atoms with van der Waals surface area (Å²) in [5, 5.41) is 6.98. The van der Waals surface area contributed by atoms with E-state index in [1.165, 1.54) is 12.6 Å². The number of aromatic nitrogens is 1. The van der Waals surface area contributed by atoms with Gasteiger partial charge in [0.2, 0.25) is 0 Å². The molecule has 86 valence electrons. The van der Waals surface area contributed by atoms with Crippen LogP contribution in [0.3, 0.4) is 0 Å². The van der Waals surface area contributed by atoms with Gasteiger partial charge in [0.1, 0.15) is 11.3 Å². The van der Waals surface area contributed by atoms with Crippen LogP contribution in [0.1, 0.15) is 22.5 Å². The Kier molecular flexibility index (Phi) is 2.21. The molecule has 16 heavy (non-hydrogen) atoms. The molecule has 1 aromatic rings. The first-order chi connectivity index (χ1) is 7.77. The Morgan fingerprint density at radius 2 is 2.56 bits per heavy atom. The second-order valence-corrected chi connectivity index (χ2v) is 4.57. The molecule has 0 saturated carbocycles. The minimum absolute atomic E-state index is 0.0590. The summed E-state index contributed by atoms with van der Waals surface area (Å²) >= 11 is 0. The standard InChI is InChI=1S/C11H15N3O2/c1-7-9(4-13-16-7)11(15)14-6-8-2-3-12-5-10(8)14/h4,8,10,12H,2-3,5-6H2,1H3. The zero-order valence-electron chi connectivity index (χ0n) is 9.27. The highest BCUT2D eigenvalue weighted by Gasteiger charge is 2.43. The number of nitrogens with zero attached hydrogens (tertiary/aromatic N) is 2. The summed E-state index contributed by atoms with van der Waals surface area (Å²) in [5.74, 6) is 1.35. The van der Waals surface area contributed by atoms with Crippen LogP contribution in [0.15, 0.2) is 10.7 Å². The third-order valence-electron chi connectivity index (χ3n) is 3.66. The monoisotopic (exact) mass is 221 g/mol. The van der Waals surface area contributed by atoms with Crippen molar-refractivity contribution in [3.63, 3.8) is 0 Å². The van der Waals surface area contributed by atoms with E-state index in [4.69, 9.17) is 4.52 Å². The molecule has 1 amide bonds. The van der Waals surface area contributed by atoms with E-state index in [9.17, 15) is 4.79 Å². The van der Waals surface area contributed by atoms with Crippen molar-refractivity contribution in [3.05, 3.63) is 17.5 Å². The average Bonchev–Trinajstić information content (AvgIpc) is 2.66. The molecule has 2 saturated heterocycles. The van der Waals surface area contributed by atoms with Crippen molar-refractivity contribution in [2.24, 2.45) is 5.92 Å². The maximum absolute atomic E-state index is 12.2. The zero-order valence-corrected chi connectivity index (χ0v) is 9.27. The summed E-state index contributed by atoms with van der Waals surface area (Å²) in [4.78, 5) is 14.1. The second-order valence-electron chi connectivity index (χ2n) is 4.57. The molecule has 3 heterocycles. The normalized spacial score (nSPS) is 28.4. The van der Waals surface area contributed by atoms with E-state index in [-0.39, 0.29) is 5.91 Å². The fourth-order valence-corrected chi connectivity index (χ4v) is 2.62. The van der Waals surface area contributed by atoms with E-state index >= 15 is 0 Å². The topological polar surface area (TPSA) is 58.4 Å². The van der Waals surface area contributed by atoms with Crippen LogP contribution >= 0.6 is 0 Å². The van der Waals surface area contributed by atoms with Crippen LogP contribution in [0.5, 0.6) is 0 Å². The predicted octanol–water partition coefficient (Wildman–Crippen LogP) is 0.417. The zero-order chi connectivity index (χ0) is 11.1. The van der Waals surface area contributed by atoms with E-state index in [0.29, 0.717) is 23.3 Å². The van der Waals surface area contributed by atoms with Gasteiger partial charge < -0.3 is 14.7 Å². The van der Waals surface area contributed by atoms with Crippen LogP contribution in [0.2, 0.25) is 0 Å². The molecule has 1 aromatic heterocycles. The minimum atomic E-state index is 0.0590. The summed E-state index contributed by atoms with van der Waals surface area (Å²) in [6.07, 6.45) is 2.69. The summed E-state index contributed by atoms with van der Waals surface area (Å²) in [7, 11) is 0. The lowest BCUT2D eigenvalue weighted by Gasteiger charge is -2.50. The predicted molar refractivity (Wildman–Crippen MR) is 57.0 cm³/mol. The Hall–Kier alpha value is -1.36. The Morgan fingerprint density at radius 1 is 1.69 bits per heavy atom. The number of amides is 1. The third kappa shape index (κ3) is 1.35. The first kappa shape index (κ1) is 9.84. The van der Waals surface area contributed by atoms with Crippen LogP contribution in [-0.2, 0) is 0 Å². The van der Waals surface area contributed by atoms with Crippen molar-refractivity contribution in [1.82, 2.24) is 15.4 Å². The lowest BCUT2D eigenvalue weighted by Crippen LogP contribution is -2.65. The number of nitrogens with one attached hydrogen (secondary N) is 1. The van der Waals surface area contributed by atoms with E-state index in [1.807, 2.05) is 4.90 Å². The van der Waals surface area contributed by atoms with E-state index in [0.717, 1.165) is 19.6 Å². The number of aryl methyl sites for hydroxylation is 1. The number of likely N-dealkylation sites (tertiary alicyclic amines) is 1. The summed E-state index contributed by atoms with van der Waals surface area (Å²) < 4.78 is 4.93. The number of piperidine rings is 1. The van der Waals surface area contributed by atoms with Gasteiger partial charge in [-0.1, -0.05) is 5.16 Å². The fraction of sp³-hybridized carbons (Fsp3) is 0.636.